The molecule has 144 valence electrons. The number of nitrogens with zero attached hydrogens (tertiary/aromatic N) is 3. The van der Waals surface area contributed by atoms with Crippen LogP contribution in [0, 0.1) is 0 Å². The number of fused-ring (bicyclic) bond motifs is 1. The van der Waals surface area contributed by atoms with Crippen LogP contribution in [0.4, 0.5) is 0 Å². The highest BCUT2D eigenvalue weighted by Crippen LogP contribution is 2.38. The van der Waals surface area contributed by atoms with Gasteiger partial charge in [-0.15, -0.1) is 0 Å². The average Bonchev–Trinajstić information content (AvgIpc) is 3.13. The number of methoxy groups -OCH3 is 1. The molecule has 3 aromatic rings. The number of ether oxygens (including phenoxy) is 1. The lowest BCUT2D eigenvalue weighted by atomic mass is 9.99. The number of halogens is 1. The summed E-state index contributed by atoms with van der Waals surface area (Å²) in [6.45, 7) is 0. The number of hydrogen-bond donors (Lipinski definition) is 0. The first kappa shape index (κ1) is 18.7. The zero-order chi connectivity index (χ0) is 19.9. The molecule has 0 saturated heterocycles. The third-order valence-electron chi connectivity index (χ3n) is 4.70. The summed E-state index contributed by atoms with van der Waals surface area (Å²) in [5.74, 6) is 0.723. The van der Waals surface area contributed by atoms with E-state index in [4.69, 9.17) is 16.3 Å². The Morgan fingerprint density at radius 2 is 1.86 bits per heavy atom. The predicted molar refractivity (Wildman–Crippen MR) is 110 cm³/mol. The van der Waals surface area contributed by atoms with Crippen LogP contribution < -0.4 is 4.74 Å². The largest absolute Gasteiger partial charge is 0.497 e. The third kappa shape index (κ3) is 3.43. The van der Waals surface area contributed by atoms with Gasteiger partial charge < -0.3 is 4.74 Å². The number of sulfonamides is 1. The summed E-state index contributed by atoms with van der Waals surface area (Å²) in [4.78, 5) is 4.43. The van der Waals surface area contributed by atoms with Crippen LogP contribution in [0.25, 0.3) is 10.9 Å². The molecule has 28 heavy (non-hydrogen) atoms. The lowest BCUT2D eigenvalue weighted by Gasteiger charge is -2.22. The second-order valence-corrected chi connectivity index (χ2v) is 8.79. The Morgan fingerprint density at radius 1 is 1.14 bits per heavy atom. The molecule has 4 rings (SSSR count). The van der Waals surface area contributed by atoms with Gasteiger partial charge in [0.1, 0.15) is 10.9 Å². The Bertz CT molecular complexity index is 1180. The Labute approximate surface area is 168 Å². The lowest BCUT2D eigenvalue weighted by molar-refractivity contribution is 0.374. The van der Waals surface area contributed by atoms with Crippen LogP contribution >= 0.6 is 11.6 Å². The van der Waals surface area contributed by atoms with E-state index < -0.39 is 16.1 Å². The quantitative estimate of drug-likeness (QED) is 0.603. The van der Waals surface area contributed by atoms with Gasteiger partial charge >= 0.3 is 0 Å². The first-order valence-corrected chi connectivity index (χ1v) is 10.9. The minimum absolute atomic E-state index is 0.281. The molecule has 1 aromatic heterocycles. The van der Waals surface area contributed by atoms with Crippen molar-refractivity contribution in [1.29, 1.82) is 0 Å². The summed E-state index contributed by atoms with van der Waals surface area (Å²) >= 11 is 6.43. The highest BCUT2D eigenvalue weighted by molar-refractivity contribution is 7.88. The average molecular weight is 416 g/mol. The van der Waals surface area contributed by atoms with Gasteiger partial charge in [0.2, 0.25) is 10.0 Å². The van der Waals surface area contributed by atoms with Crippen LogP contribution in [0.1, 0.15) is 23.6 Å². The number of hydrazone groups is 1. The zero-order valence-corrected chi connectivity index (χ0v) is 16.9. The number of pyridine rings is 1. The number of rotatable bonds is 4. The number of benzene rings is 2. The third-order valence-corrected chi connectivity index (χ3v) is 6.02. The van der Waals surface area contributed by atoms with E-state index in [1.807, 2.05) is 54.6 Å². The van der Waals surface area contributed by atoms with Crippen molar-refractivity contribution in [2.45, 2.75) is 12.5 Å². The zero-order valence-electron chi connectivity index (χ0n) is 15.3. The molecule has 0 radical (unpaired) electrons. The molecule has 0 N–H and O–H groups in total. The number of hydrogen-bond acceptors (Lipinski definition) is 5. The lowest BCUT2D eigenvalue weighted by Crippen LogP contribution is -2.26. The maximum Gasteiger partial charge on any atom is 0.247 e. The van der Waals surface area contributed by atoms with Crippen molar-refractivity contribution in [1.82, 2.24) is 9.40 Å². The van der Waals surface area contributed by atoms with Gasteiger partial charge in [-0.05, 0) is 42.0 Å². The van der Waals surface area contributed by atoms with Crippen molar-refractivity contribution in [2.24, 2.45) is 5.10 Å². The normalized spacial score (nSPS) is 17.0. The van der Waals surface area contributed by atoms with E-state index >= 15 is 0 Å². The summed E-state index contributed by atoms with van der Waals surface area (Å²) in [7, 11) is -1.99. The molecular formula is C20H18ClN3O3S. The molecule has 0 aliphatic carbocycles. The molecule has 2 heterocycles. The molecule has 0 bridgehead atoms. The topological polar surface area (TPSA) is 71.9 Å². The van der Waals surface area contributed by atoms with Gasteiger partial charge in [-0.25, -0.2) is 13.4 Å². The predicted octanol–water partition coefficient (Wildman–Crippen LogP) is 4.01. The van der Waals surface area contributed by atoms with Crippen molar-refractivity contribution in [2.75, 3.05) is 13.4 Å². The minimum Gasteiger partial charge on any atom is -0.497 e. The molecule has 0 amide bonds. The SMILES string of the molecule is COc1ccc(C2=NN(S(C)(=O)=O)C(c3cc4ccccc4nc3Cl)C2)cc1. The maximum absolute atomic E-state index is 12.4. The van der Waals surface area contributed by atoms with Crippen molar-refractivity contribution in [3.8, 4) is 5.75 Å². The summed E-state index contributed by atoms with van der Waals surface area (Å²) in [5, 5.41) is 5.58. The first-order chi connectivity index (χ1) is 13.4. The molecule has 8 heteroatoms. The van der Waals surface area contributed by atoms with E-state index in [1.54, 1.807) is 7.11 Å². The minimum atomic E-state index is -3.59. The molecule has 0 fully saturated rings. The molecule has 0 spiro atoms. The van der Waals surface area contributed by atoms with E-state index in [2.05, 4.69) is 10.1 Å². The van der Waals surface area contributed by atoms with Gasteiger partial charge in [0.05, 0.1) is 30.6 Å². The second-order valence-electron chi connectivity index (χ2n) is 6.59. The van der Waals surface area contributed by atoms with Crippen LogP contribution in [-0.2, 0) is 10.0 Å². The van der Waals surface area contributed by atoms with Crippen LogP contribution in [0.2, 0.25) is 5.15 Å². The molecule has 6 nitrogen and oxygen atoms in total. The fraction of sp³-hybridized carbons (Fsp3) is 0.200. The Hall–Kier alpha value is -2.64. The van der Waals surface area contributed by atoms with E-state index in [-0.39, 0.29) is 5.15 Å². The molecular weight excluding hydrogens is 398 g/mol. The van der Waals surface area contributed by atoms with Crippen molar-refractivity contribution < 1.29 is 13.2 Å². The van der Waals surface area contributed by atoms with Crippen molar-refractivity contribution >= 4 is 38.2 Å². The Morgan fingerprint density at radius 3 is 2.54 bits per heavy atom. The van der Waals surface area contributed by atoms with Crippen molar-refractivity contribution in [3.63, 3.8) is 0 Å². The van der Waals surface area contributed by atoms with E-state index in [0.717, 1.165) is 32.9 Å². The first-order valence-electron chi connectivity index (χ1n) is 8.63. The number of para-hydroxylation sites is 1. The van der Waals surface area contributed by atoms with Crippen LogP contribution in [0.3, 0.4) is 0 Å². The van der Waals surface area contributed by atoms with Crippen molar-refractivity contribution in [3.05, 3.63) is 70.9 Å². The molecule has 1 atom stereocenters. The fourth-order valence-electron chi connectivity index (χ4n) is 3.33. The van der Waals surface area contributed by atoms with E-state index in [0.29, 0.717) is 17.7 Å². The van der Waals surface area contributed by atoms with Crippen LogP contribution in [0.5, 0.6) is 5.75 Å². The Balaban J connectivity index is 1.77. The summed E-state index contributed by atoms with van der Waals surface area (Å²) in [6, 6.07) is 16.3. The maximum atomic E-state index is 12.4. The van der Waals surface area contributed by atoms with Crippen LogP contribution in [-0.4, -0.2) is 36.9 Å². The number of aromatic nitrogens is 1. The summed E-state index contributed by atoms with van der Waals surface area (Å²) < 4.78 is 31.1. The highest BCUT2D eigenvalue weighted by atomic mass is 35.5. The second kappa shape index (κ2) is 7.07. The summed E-state index contributed by atoms with van der Waals surface area (Å²) in [5.41, 5.74) is 2.90. The Kier molecular flexibility index (Phi) is 4.72. The highest BCUT2D eigenvalue weighted by Gasteiger charge is 2.36. The monoisotopic (exact) mass is 415 g/mol. The van der Waals surface area contributed by atoms with Gasteiger partial charge in [-0.2, -0.15) is 9.52 Å². The molecule has 1 unspecified atom stereocenters. The van der Waals surface area contributed by atoms with Gasteiger partial charge in [-0.3, -0.25) is 0 Å². The van der Waals surface area contributed by atoms with E-state index in [9.17, 15) is 8.42 Å². The van der Waals surface area contributed by atoms with Gasteiger partial charge in [0.15, 0.2) is 0 Å². The smallest absolute Gasteiger partial charge is 0.247 e. The van der Waals surface area contributed by atoms with Crippen LogP contribution in [0.15, 0.2) is 59.7 Å². The van der Waals surface area contributed by atoms with E-state index in [1.165, 1.54) is 0 Å². The van der Waals surface area contributed by atoms with Gasteiger partial charge in [-0.1, -0.05) is 29.8 Å². The van der Waals surface area contributed by atoms with Gasteiger partial charge in [0.25, 0.3) is 0 Å². The molecule has 0 saturated carbocycles. The fourth-order valence-corrected chi connectivity index (χ4v) is 4.50. The molecule has 2 aromatic carbocycles. The molecule has 1 aliphatic heterocycles. The van der Waals surface area contributed by atoms with Gasteiger partial charge in [0, 0.05) is 17.4 Å². The standard InChI is InChI=1S/C20H18ClN3O3S/c1-27-15-9-7-13(8-10-15)18-12-19(24(23-18)28(2,25)26)16-11-14-5-3-4-6-17(14)22-20(16)21/h3-11,19H,12H2,1-2H3. The molecule has 1 aliphatic rings. The summed E-state index contributed by atoms with van der Waals surface area (Å²) in [6.07, 6.45) is 1.54.